The first-order chi connectivity index (χ1) is 23.9. The first-order valence-electron chi connectivity index (χ1n) is 17.9. The molecule has 0 radical (unpaired) electrons. The Hall–Kier alpha value is -3.01. The van der Waals surface area contributed by atoms with Crippen molar-refractivity contribution in [2.45, 2.75) is 74.1 Å². The van der Waals surface area contributed by atoms with Crippen molar-refractivity contribution < 1.29 is 31.1 Å². The number of amides is 1. The molecule has 2 aromatic carbocycles. The van der Waals surface area contributed by atoms with Crippen molar-refractivity contribution in [1.29, 1.82) is 0 Å². The van der Waals surface area contributed by atoms with E-state index in [1.807, 2.05) is 32.3 Å². The van der Waals surface area contributed by atoms with Crippen molar-refractivity contribution in [2.24, 2.45) is 0 Å². The van der Waals surface area contributed by atoms with Crippen LogP contribution < -0.4 is 9.46 Å². The van der Waals surface area contributed by atoms with E-state index in [1.165, 1.54) is 16.3 Å². The molecule has 0 spiro atoms. The Morgan fingerprint density at radius 2 is 1.72 bits per heavy atom. The van der Waals surface area contributed by atoms with Crippen molar-refractivity contribution in [3.8, 4) is 17.0 Å². The van der Waals surface area contributed by atoms with E-state index >= 15 is 0 Å². The number of ether oxygens (including phenoxy) is 2. The molecule has 1 amide bonds. The Kier molecular flexibility index (Phi) is 8.58. The van der Waals surface area contributed by atoms with Gasteiger partial charge in [0.2, 0.25) is 10.0 Å². The largest absolute Gasteiger partial charge is 0.497 e. The second-order valence-corrected chi connectivity index (χ2v) is 18.9. The standard InChI is InChI=1S/C36H47N5O7S2/c1-38(2)26-13-14-40(22-26)49(43,44)36-21-31(36)30-20-27(47-3)10-12-28(30)34-33(24-7-5-4-6-8-24)29-11-9-25(19-32(29)41(34)23-36)35(42)37-50(45,46)39-15-17-48-18-16-39/h9-12,19-20,24,26,31H,4-8,13-18,21-23H2,1-3H3,(H,37,42)/t26-,31?,36?/m1/s1. The van der Waals surface area contributed by atoms with Gasteiger partial charge < -0.3 is 18.9 Å². The Labute approximate surface area is 294 Å². The minimum Gasteiger partial charge on any atom is -0.497 e. The molecule has 5 aliphatic rings. The van der Waals surface area contributed by atoms with Gasteiger partial charge in [0.25, 0.3) is 5.91 Å². The number of rotatable bonds is 8. The molecule has 1 N–H and O–H groups in total. The number of nitrogens with one attached hydrogen (secondary N) is 1. The number of sulfonamides is 1. The summed E-state index contributed by atoms with van der Waals surface area (Å²) >= 11 is 0. The van der Waals surface area contributed by atoms with Crippen LogP contribution >= 0.6 is 0 Å². The fourth-order valence-electron chi connectivity index (χ4n) is 9.07. The zero-order valence-electron chi connectivity index (χ0n) is 29.1. The Bertz CT molecular complexity index is 2050. The molecule has 3 aromatic rings. The van der Waals surface area contributed by atoms with E-state index in [0.29, 0.717) is 25.3 Å². The highest BCUT2D eigenvalue weighted by Gasteiger charge is 2.68. The fraction of sp³-hybridized carbons (Fsp3) is 0.583. The molecule has 0 bridgehead atoms. The van der Waals surface area contributed by atoms with Crippen LogP contribution in [0.15, 0.2) is 36.4 Å². The average molecular weight is 726 g/mol. The molecule has 3 aliphatic heterocycles. The highest BCUT2D eigenvalue weighted by Crippen LogP contribution is 2.64. The van der Waals surface area contributed by atoms with Crippen molar-refractivity contribution >= 4 is 37.0 Å². The molecular formula is C36H47N5O7S2. The first-order valence-corrected chi connectivity index (χ1v) is 20.7. The van der Waals surface area contributed by atoms with Gasteiger partial charge in [-0.1, -0.05) is 25.3 Å². The fourth-order valence-corrected chi connectivity index (χ4v) is 12.6. The number of aromatic nitrogens is 1. The van der Waals surface area contributed by atoms with Gasteiger partial charge in [-0.05, 0) is 87.2 Å². The predicted molar refractivity (Wildman–Crippen MR) is 191 cm³/mol. The Morgan fingerprint density at radius 3 is 2.42 bits per heavy atom. The van der Waals surface area contributed by atoms with Crippen molar-refractivity contribution in [3.63, 3.8) is 0 Å². The maximum Gasteiger partial charge on any atom is 0.304 e. The van der Waals surface area contributed by atoms with Gasteiger partial charge >= 0.3 is 10.2 Å². The maximum absolute atomic E-state index is 14.9. The van der Waals surface area contributed by atoms with Gasteiger partial charge in [-0.15, -0.1) is 0 Å². The molecule has 12 nitrogen and oxygen atoms in total. The van der Waals surface area contributed by atoms with E-state index in [-0.39, 0.29) is 56.3 Å². The van der Waals surface area contributed by atoms with Crippen molar-refractivity contribution in [3.05, 3.63) is 53.1 Å². The summed E-state index contributed by atoms with van der Waals surface area (Å²) in [6.07, 6.45) is 6.77. The van der Waals surface area contributed by atoms with Gasteiger partial charge in [0.15, 0.2) is 0 Å². The topological polar surface area (TPSA) is 130 Å². The van der Waals surface area contributed by atoms with E-state index in [9.17, 15) is 21.6 Å². The molecule has 1 aromatic heterocycles. The summed E-state index contributed by atoms with van der Waals surface area (Å²) in [6, 6.07) is 11.6. The Morgan fingerprint density at radius 1 is 0.960 bits per heavy atom. The van der Waals surface area contributed by atoms with Crippen LogP contribution in [0.25, 0.3) is 22.2 Å². The summed E-state index contributed by atoms with van der Waals surface area (Å²) in [5.41, 5.74) is 5.18. The second-order valence-electron chi connectivity index (χ2n) is 14.9. The molecule has 50 heavy (non-hydrogen) atoms. The minimum absolute atomic E-state index is 0.159. The third kappa shape index (κ3) is 5.48. The third-order valence-electron chi connectivity index (χ3n) is 12.0. The average Bonchev–Trinajstić information content (AvgIpc) is 3.51. The number of hydrogen-bond donors (Lipinski definition) is 1. The van der Waals surface area contributed by atoms with Crippen LogP contribution in [0.1, 0.15) is 78.3 Å². The molecule has 3 atom stereocenters. The van der Waals surface area contributed by atoms with Gasteiger partial charge in [-0.2, -0.15) is 17.0 Å². The highest BCUT2D eigenvalue weighted by atomic mass is 32.2. The van der Waals surface area contributed by atoms with Crippen LogP contribution in [0.3, 0.4) is 0 Å². The lowest BCUT2D eigenvalue weighted by Gasteiger charge is -2.27. The SMILES string of the molecule is COc1ccc2c(c1)C1CC1(S(=O)(=O)N1CC[C@@H](N(C)C)C1)Cn1c-2c(C2CCCCC2)c2ccc(C(=O)NS(=O)(=O)N3CCOCC3)cc21. The summed E-state index contributed by atoms with van der Waals surface area (Å²) < 4.78 is 73.4. The summed E-state index contributed by atoms with van der Waals surface area (Å²) in [7, 11) is -2.20. The number of carbonyl (C=O) groups is 1. The van der Waals surface area contributed by atoms with E-state index in [0.717, 1.165) is 59.8 Å². The zero-order chi connectivity index (χ0) is 35.0. The highest BCUT2D eigenvalue weighted by molar-refractivity contribution is 7.91. The molecule has 4 fully saturated rings. The van der Waals surface area contributed by atoms with E-state index in [1.54, 1.807) is 23.5 Å². The molecule has 2 saturated heterocycles. The number of nitrogens with zero attached hydrogens (tertiary/aromatic N) is 4. The monoisotopic (exact) mass is 725 g/mol. The van der Waals surface area contributed by atoms with Gasteiger partial charge in [0, 0.05) is 66.7 Å². The lowest BCUT2D eigenvalue weighted by atomic mass is 9.81. The lowest BCUT2D eigenvalue weighted by molar-refractivity contribution is 0.0719. The lowest BCUT2D eigenvalue weighted by Crippen LogP contribution is -2.48. The number of methoxy groups -OCH3 is 1. The van der Waals surface area contributed by atoms with Crippen LogP contribution in [0, 0.1) is 0 Å². The third-order valence-corrected chi connectivity index (χ3v) is 16.1. The molecule has 2 saturated carbocycles. The molecule has 2 aliphatic carbocycles. The Balaban J connectivity index is 1.29. The van der Waals surface area contributed by atoms with Gasteiger partial charge in [0.1, 0.15) is 10.5 Å². The predicted octanol–water partition coefficient (Wildman–Crippen LogP) is 3.88. The van der Waals surface area contributed by atoms with E-state index in [4.69, 9.17) is 9.47 Å². The summed E-state index contributed by atoms with van der Waals surface area (Å²) in [5, 5.41) is 0.988. The smallest absolute Gasteiger partial charge is 0.304 e. The molecule has 8 rings (SSSR count). The van der Waals surface area contributed by atoms with Gasteiger partial charge in [-0.25, -0.2) is 13.1 Å². The summed E-state index contributed by atoms with van der Waals surface area (Å²) in [6.45, 7) is 2.08. The normalized spacial score (nSPS) is 26.3. The molecule has 2 unspecified atom stereocenters. The van der Waals surface area contributed by atoms with Crippen molar-refractivity contribution in [2.75, 3.05) is 60.6 Å². The molecule has 4 heterocycles. The zero-order valence-corrected chi connectivity index (χ0v) is 30.7. The van der Waals surface area contributed by atoms with Gasteiger partial charge in [-0.3, -0.25) is 4.79 Å². The summed E-state index contributed by atoms with van der Waals surface area (Å²) in [4.78, 5) is 15.7. The van der Waals surface area contributed by atoms with Gasteiger partial charge in [0.05, 0.1) is 26.0 Å². The summed E-state index contributed by atoms with van der Waals surface area (Å²) in [5.74, 6) is 0.0425. The molecular weight excluding hydrogens is 679 g/mol. The maximum atomic E-state index is 14.9. The quantitative estimate of drug-likeness (QED) is 0.371. The van der Waals surface area contributed by atoms with Crippen molar-refractivity contribution in [1.82, 2.24) is 22.8 Å². The number of hydrogen-bond acceptors (Lipinski definition) is 8. The van der Waals surface area contributed by atoms with Crippen LogP contribution in [-0.2, 0) is 31.5 Å². The van der Waals surface area contributed by atoms with Crippen LogP contribution in [-0.4, -0.2) is 112 Å². The first kappa shape index (κ1) is 34.1. The minimum atomic E-state index is -4.07. The van der Waals surface area contributed by atoms with E-state index < -0.39 is 30.9 Å². The number of carbonyl (C=O) groups excluding carboxylic acids is 1. The molecule has 14 heteroatoms. The van der Waals surface area contributed by atoms with Crippen LogP contribution in [0.2, 0.25) is 0 Å². The second kappa shape index (κ2) is 12.6. The number of morpholine rings is 1. The van der Waals surface area contributed by atoms with Crippen LogP contribution in [0.5, 0.6) is 5.75 Å². The van der Waals surface area contributed by atoms with Crippen LogP contribution in [0.4, 0.5) is 0 Å². The molecule has 270 valence electrons. The number of benzene rings is 2. The van der Waals surface area contributed by atoms with E-state index in [2.05, 4.69) is 20.3 Å². The number of likely N-dealkylation sites (N-methyl/N-ethyl adjacent to an activating group) is 1. The number of fused-ring (bicyclic) bond motifs is 7.